The predicted molar refractivity (Wildman–Crippen MR) is 89.4 cm³/mol. The van der Waals surface area contributed by atoms with Gasteiger partial charge in [-0.3, -0.25) is 9.59 Å². The van der Waals surface area contributed by atoms with E-state index in [2.05, 4.69) is 10.6 Å². The molecule has 2 amide bonds. The van der Waals surface area contributed by atoms with Gasteiger partial charge in [-0.05, 0) is 24.7 Å². The fourth-order valence-electron chi connectivity index (χ4n) is 1.88. The van der Waals surface area contributed by atoms with Crippen LogP contribution < -0.4 is 10.6 Å². The first kappa shape index (κ1) is 28.2. The Bertz CT molecular complexity index is 400. The zero-order valence-electron chi connectivity index (χ0n) is 15.6. The van der Waals surface area contributed by atoms with E-state index < -0.39 is 24.0 Å². The van der Waals surface area contributed by atoms with Crippen molar-refractivity contribution < 1.29 is 46.2 Å². The second-order valence-corrected chi connectivity index (χ2v) is 6.44. The number of carboxylic acid groups (broad SMARTS) is 2. The first-order valence-electron chi connectivity index (χ1n) is 7.86. The maximum Gasteiger partial charge on any atom is 0.326 e. The van der Waals surface area contributed by atoms with Gasteiger partial charge in [-0.1, -0.05) is 27.7 Å². The van der Waals surface area contributed by atoms with Crippen LogP contribution in [0.2, 0.25) is 0 Å². The van der Waals surface area contributed by atoms with Gasteiger partial charge < -0.3 is 20.8 Å². The van der Waals surface area contributed by atoms with Crippen molar-refractivity contribution in [3.05, 3.63) is 0 Å². The third-order valence-corrected chi connectivity index (χ3v) is 2.77. The molecule has 0 aliphatic heterocycles. The van der Waals surface area contributed by atoms with Gasteiger partial charge in [-0.15, -0.1) is 0 Å². The van der Waals surface area contributed by atoms with Crippen LogP contribution in [0.15, 0.2) is 0 Å². The topological polar surface area (TPSA) is 133 Å². The molecule has 0 fully saturated rings. The van der Waals surface area contributed by atoms with Crippen LogP contribution in [0.3, 0.4) is 0 Å². The minimum Gasteiger partial charge on any atom is -0.480 e. The number of rotatable bonds is 8. The Morgan fingerprint density at radius 1 is 0.720 bits per heavy atom. The van der Waals surface area contributed by atoms with Crippen molar-refractivity contribution >= 4 is 23.8 Å². The van der Waals surface area contributed by atoms with Gasteiger partial charge in [0, 0.05) is 30.6 Å². The fourth-order valence-corrected chi connectivity index (χ4v) is 1.88. The van der Waals surface area contributed by atoms with Crippen LogP contribution in [0.4, 0.5) is 0 Å². The average Bonchev–Trinajstić information content (AvgIpc) is 2.35. The number of hydrogen-bond acceptors (Lipinski definition) is 4. The van der Waals surface area contributed by atoms with E-state index in [-0.39, 0.29) is 40.4 Å². The molecule has 1 radical (unpaired) electrons. The van der Waals surface area contributed by atoms with Crippen LogP contribution in [0.25, 0.3) is 0 Å². The zero-order chi connectivity index (χ0) is 19.4. The Kier molecular flexibility index (Phi) is 16.6. The van der Waals surface area contributed by atoms with Gasteiger partial charge in [0.25, 0.3) is 0 Å². The second-order valence-electron chi connectivity index (χ2n) is 6.44. The summed E-state index contributed by atoms with van der Waals surface area (Å²) >= 11 is 0. The number of aliphatic carboxylic acids is 2. The van der Waals surface area contributed by atoms with Crippen molar-refractivity contribution in [2.45, 2.75) is 66.5 Å². The van der Waals surface area contributed by atoms with Crippen LogP contribution in [-0.4, -0.2) is 46.0 Å². The van der Waals surface area contributed by atoms with Crippen LogP contribution in [0.5, 0.6) is 0 Å². The van der Waals surface area contributed by atoms with Gasteiger partial charge >= 0.3 is 11.9 Å². The third kappa shape index (κ3) is 18.6. The summed E-state index contributed by atoms with van der Waals surface area (Å²) in [4.78, 5) is 42.2. The molecule has 0 aliphatic carbocycles. The van der Waals surface area contributed by atoms with Gasteiger partial charge in [-0.25, -0.2) is 9.59 Å². The van der Waals surface area contributed by atoms with E-state index in [1.54, 1.807) is 0 Å². The summed E-state index contributed by atoms with van der Waals surface area (Å²) in [6.45, 7) is 10.3. The minimum atomic E-state index is -0.973. The second kappa shape index (κ2) is 14.7. The van der Waals surface area contributed by atoms with Crippen molar-refractivity contribution in [1.29, 1.82) is 0 Å². The largest absolute Gasteiger partial charge is 0.480 e. The SMILES string of the molecule is CC(=O)NC(CC(C)C)C(=O)O.CC(=O)NC(CC(C)C)C(=O)O.[Co]. The zero-order valence-corrected chi connectivity index (χ0v) is 16.6. The molecular formula is C16H30CoN2O6. The monoisotopic (exact) mass is 405 g/mol. The Hall–Kier alpha value is -1.61. The molecule has 0 aromatic carbocycles. The molecule has 0 saturated heterocycles. The number of carboxylic acids is 2. The van der Waals surface area contributed by atoms with Crippen molar-refractivity contribution in [3.63, 3.8) is 0 Å². The summed E-state index contributed by atoms with van der Waals surface area (Å²) in [5, 5.41) is 22.1. The number of amides is 2. The molecule has 0 saturated carbocycles. The normalized spacial score (nSPS) is 12.2. The molecule has 0 bridgehead atoms. The van der Waals surface area contributed by atoms with E-state index in [4.69, 9.17) is 10.2 Å². The van der Waals surface area contributed by atoms with E-state index in [0.717, 1.165) is 0 Å². The molecule has 25 heavy (non-hydrogen) atoms. The van der Waals surface area contributed by atoms with Gasteiger partial charge in [-0.2, -0.15) is 0 Å². The molecule has 149 valence electrons. The molecule has 0 aromatic heterocycles. The van der Waals surface area contributed by atoms with E-state index in [1.807, 2.05) is 27.7 Å². The molecule has 4 N–H and O–H groups in total. The first-order valence-corrected chi connectivity index (χ1v) is 7.86. The van der Waals surface area contributed by atoms with Crippen molar-refractivity contribution in [3.8, 4) is 0 Å². The standard InChI is InChI=1S/2C8H15NO3.Co/c2*1-5(2)4-7(8(11)12)9-6(3)10;/h2*5,7H,4H2,1-3H3,(H,9,10)(H,11,12);. The van der Waals surface area contributed by atoms with Crippen molar-refractivity contribution in [2.75, 3.05) is 0 Å². The number of nitrogens with one attached hydrogen (secondary N) is 2. The molecule has 9 heteroatoms. The maximum atomic E-state index is 10.6. The van der Waals surface area contributed by atoms with E-state index in [1.165, 1.54) is 13.8 Å². The Balaban J connectivity index is -0.000000372. The maximum absolute atomic E-state index is 10.6. The summed E-state index contributed by atoms with van der Waals surface area (Å²) in [6.07, 6.45) is 0.934. The Morgan fingerprint density at radius 2 is 0.960 bits per heavy atom. The van der Waals surface area contributed by atoms with Gasteiger partial charge in [0.15, 0.2) is 0 Å². The average molecular weight is 405 g/mol. The molecule has 8 nitrogen and oxygen atoms in total. The van der Waals surface area contributed by atoms with Crippen LogP contribution in [0.1, 0.15) is 54.4 Å². The molecule has 0 aliphatic rings. The van der Waals surface area contributed by atoms with Crippen LogP contribution in [0, 0.1) is 11.8 Å². The van der Waals surface area contributed by atoms with Crippen molar-refractivity contribution in [1.82, 2.24) is 10.6 Å². The van der Waals surface area contributed by atoms with E-state index >= 15 is 0 Å². The first-order chi connectivity index (χ1) is 10.9. The third-order valence-electron chi connectivity index (χ3n) is 2.77. The van der Waals surface area contributed by atoms with Crippen LogP contribution in [-0.2, 0) is 36.0 Å². The van der Waals surface area contributed by atoms with Crippen LogP contribution >= 0.6 is 0 Å². The van der Waals surface area contributed by atoms with Gasteiger partial charge in [0.1, 0.15) is 12.1 Å². The summed E-state index contributed by atoms with van der Waals surface area (Å²) in [5.41, 5.74) is 0. The van der Waals surface area contributed by atoms with E-state index in [0.29, 0.717) is 12.8 Å². The summed E-state index contributed by atoms with van der Waals surface area (Å²) in [6, 6.07) is -1.50. The minimum absolute atomic E-state index is 0. The summed E-state index contributed by atoms with van der Waals surface area (Å²) in [7, 11) is 0. The molecule has 0 aromatic rings. The smallest absolute Gasteiger partial charge is 0.326 e. The number of hydrogen-bond donors (Lipinski definition) is 4. The molecule has 0 rings (SSSR count). The molecular weight excluding hydrogens is 375 g/mol. The summed E-state index contributed by atoms with van der Waals surface area (Å²) in [5.74, 6) is -2.03. The summed E-state index contributed by atoms with van der Waals surface area (Å²) < 4.78 is 0. The van der Waals surface area contributed by atoms with E-state index in [9.17, 15) is 19.2 Å². The molecule has 2 atom stereocenters. The molecule has 0 heterocycles. The number of carbonyl (C=O) groups is 4. The van der Waals surface area contributed by atoms with Gasteiger partial charge in [0.2, 0.25) is 11.8 Å². The molecule has 0 spiro atoms. The predicted octanol–water partition coefficient (Wildman–Crippen LogP) is 1.24. The number of carbonyl (C=O) groups excluding carboxylic acids is 2. The quantitative estimate of drug-likeness (QED) is 0.480. The van der Waals surface area contributed by atoms with Crippen molar-refractivity contribution in [2.24, 2.45) is 11.8 Å². The fraction of sp³-hybridized carbons (Fsp3) is 0.750. The Labute approximate surface area is 159 Å². The Morgan fingerprint density at radius 3 is 1.08 bits per heavy atom. The molecule has 2 unspecified atom stereocenters. The van der Waals surface area contributed by atoms with Gasteiger partial charge in [0.05, 0.1) is 0 Å².